The van der Waals surface area contributed by atoms with Crippen LogP contribution in [0.2, 0.25) is 0 Å². The molecule has 0 aliphatic carbocycles. The Kier molecular flexibility index (Phi) is 5.14. The van der Waals surface area contributed by atoms with Crippen LogP contribution in [0.3, 0.4) is 0 Å². The highest BCUT2D eigenvalue weighted by atomic mass is 32.1. The number of anilines is 2. The van der Waals surface area contributed by atoms with Crippen LogP contribution in [0.15, 0.2) is 36.4 Å². The summed E-state index contributed by atoms with van der Waals surface area (Å²) in [5.74, 6) is 0.103. The second-order valence-corrected chi connectivity index (χ2v) is 9.66. The number of benzene rings is 2. The highest BCUT2D eigenvalue weighted by Crippen LogP contribution is 2.33. The van der Waals surface area contributed by atoms with Crippen molar-refractivity contribution in [3.63, 3.8) is 0 Å². The molecule has 4 aromatic rings. The van der Waals surface area contributed by atoms with Crippen molar-refractivity contribution in [2.45, 2.75) is 13.3 Å². The second-order valence-electron chi connectivity index (χ2n) is 7.60. The van der Waals surface area contributed by atoms with Crippen molar-refractivity contribution >= 4 is 59.3 Å². The molecular formula is C22H23N5OS2. The molecule has 0 radical (unpaired) electrons. The van der Waals surface area contributed by atoms with Crippen LogP contribution in [0.5, 0.6) is 0 Å². The minimum atomic E-state index is 0.103. The number of rotatable bonds is 4. The number of likely N-dealkylation sites (N-methyl/N-ethyl adjacent to an activating group) is 1. The first-order chi connectivity index (χ1) is 14.6. The summed E-state index contributed by atoms with van der Waals surface area (Å²) in [5.41, 5.74) is 3.94. The van der Waals surface area contributed by atoms with Crippen molar-refractivity contribution < 1.29 is 4.79 Å². The molecular weight excluding hydrogens is 414 g/mol. The first-order valence-corrected chi connectivity index (χ1v) is 11.8. The number of carbonyl (C=O) groups excluding carboxylic acids is 1. The summed E-state index contributed by atoms with van der Waals surface area (Å²) < 4.78 is 2.19. The van der Waals surface area contributed by atoms with Crippen LogP contribution >= 0.6 is 22.7 Å². The van der Waals surface area contributed by atoms with Crippen LogP contribution in [-0.2, 0) is 6.42 Å². The molecule has 8 heteroatoms. The fourth-order valence-corrected chi connectivity index (χ4v) is 5.53. The maximum atomic E-state index is 12.9. The van der Waals surface area contributed by atoms with E-state index in [2.05, 4.69) is 52.4 Å². The van der Waals surface area contributed by atoms with E-state index in [4.69, 9.17) is 0 Å². The lowest BCUT2D eigenvalue weighted by Gasteiger charge is -2.32. The molecule has 5 rings (SSSR count). The number of nitrogens with one attached hydrogen (secondary N) is 1. The summed E-state index contributed by atoms with van der Waals surface area (Å²) in [7, 11) is 2.09. The Bertz CT molecular complexity index is 1220. The van der Waals surface area contributed by atoms with Gasteiger partial charge in [-0.25, -0.2) is 9.97 Å². The average molecular weight is 438 g/mol. The average Bonchev–Trinajstić information content (AvgIpc) is 3.35. The molecule has 6 nitrogen and oxygen atoms in total. The van der Waals surface area contributed by atoms with Gasteiger partial charge in [0, 0.05) is 31.7 Å². The molecule has 154 valence electrons. The zero-order chi connectivity index (χ0) is 20.7. The standard InChI is InChI=1S/C22H23N5OS2/c1-3-14-4-6-16-18(12-14)29-21(23-16)25-22-24-17-7-5-15(13-19(17)30-22)20(28)27-10-8-26(2)9-11-27/h4-7,12-13H,3,8-11H2,1-2H3,(H,23,24,25). The van der Waals surface area contributed by atoms with Gasteiger partial charge in [0.15, 0.2) is 10.3 Å². The van der Waals surface area contributed by atoms with Crippen LogP contribution in [0.4, 0.5) is 10.3 Å². The van der Waals surface area contributed by atoms with Crippen molar-refractivity contribution in [3.8, 4) is 0 Å². The normalized spacial score (nSPS) is 15.2. The molecule has 1 aliphatic rings. The van der Waals surface area contributed by atoms with E-state index in [-0.39, 0.29) is 5.91 Å². The van der Waals surface area contributed by atoms with Gasteiger partial charge in [-0.3, -0.25) is 4.79 Å². The molecule has 0 bridgehead atoms. The van der Waals surface area contributed by atoms with Crippen molar-refractivity contribution in [3.05, 3.63) is 47.5 Å². The minimum absolute atomic E-state index is 0.103. The van der Waals surface area contributed by atoms with E-state index in [1.807, 2.05) is 23.1 Å². The molecule has 0 unspecified atom stereocenters. The van der Waals surface area contributed by atoms with E-state index in [0.717, 1.165) is 64.2 Å². The molecule has 2 aromatic heterocycles. The predicted octanol–water partition coefficient (Wildman–Crippen LogP) is 4.60. The van der Waals surface area contributed by atoms with Gasteiger partial charge in [0.1, 0.15) is 0 Å². The quantitative estimate of drug-likeness (QED) is 0.506. The molecule has 0 atom stereocenters. The SMILES string of the molecule is CCc1ccc2nc(Nc3nc4ccc(C(=O)N5CCN(C)CC5)cc4s3)sc2c1. The van der Waals surface area contributed by atoms with Gasteiger partial charge in [-0.05, 0) is 49.4 Å². The minimum Gasteiger partial charge on any atom is -0.336 e. The fraction of sp³-hybridized carbons (Fsp3) is 0.318. The molecule has 2 aromatic carbocycles. The number of nitrogens with zero attached hydrogens (tertiary/aromatic N) is 4. The lowest BCUT2D eigenvalue weighted by Crippen LogP contribution is -2.47. The van der Waals surface area contributed by atoms with E-state index < -0.39 is 0 Å². The van der Waals surface area contributed by atoms with Gasteiger partial charge in [-0.1, -0.05) is 35.7 Å². The van der Waals surface area contributed by atoms with E-state index in [1.54, 1.807) is 22.7 Å². The number of fused-ring (bicyclic) bond motifs is 2. The number of thiazole rings is 2. The second kappa shape index (κ2) is 7.94. The van der Waals surface area contributed by atoms with Gasteiger partial charge < -0.3 is 15.1 Å². The lowest BCUT2D eigenvalue weighted by atomic mass is 10.1. The predicted molar refractivity (Wildman–Crippen MR) is 125 cm³/mol. The van der Waals surface area contributed by atoms with Crippen molar-refractivity contribution in [2.75, 3.05) is 38.5 Å². The van der Waals surface area contributed by atoms with Gasteiger partial charge in [0.2, 0.25) is 0 Å². The third-order valence-corrected chi connectivity index (χ3v) is 7.37. The van der Waals surface area contributed by atoms with Gasteiger partial charge in [-0.15, -0.1) is 0 Å². The van der Waals surface area contributed by atoms with E-state index in [0.29, 0.717) is 0 Å². The summed E-state index contributed by atoms with van der Waals surface area (Å²) in [5, 5.41) is 4.99. The van der Waals surface area contributed by atoms with Crippen molar-refractivity contribution in [2.24, 2.45) is 0 Å². The van der Waals surface area contributed by atoms with Crippen molar-refractivity contribution in [1.29, 1.82) is 0 Å². The van der Waals surface area contributed by atoms with E-state index >= 15 is 0 Å². The van der Waals surface area contributed by atoms with Crippen molar-refractivity contribution in [1.82, 2.24) is 19.8 Å². The first kappa shape index (κ1) is 19.4. The highest BCUT2D eigenvalue weighted by Gasteiger charge is 2.21. The Hall–Kier alpha value is -2.55. The molecule has 1 aliphatic heterocycles. The molecule has 3 heterocycles. The lowest BCUT2D eigenvalue weighted by molar-refractivity contribution is 0.0664. The van der Waals surface area contributed by atoms with Gasteiger partial charge in [0.25, 0.3) is 5.91 Å². The van der Waals surface area contributed by atoms with Crippen LogP contribution in [0.25, 0.3) is 20.4 Å². The zero-order valence-corrected chi connectivity index (χ0v) is 18.6. The topological polar surface area (TPSA) is 61.4 Å². The maximum absolute atomic E-state index is 12.9. The van der Waals surface area contributed by atoms with Crippen LogP contribution in [-0.4, -0.2) is 58.9 Å². The Balaban J connectivity index is 1.37. The smallest absolute Gasteiger partial charge is 0.253 e. The summed E-state index contributed by atoms with van der Waals surface area (Å²) in [6, 6.07) is 12.2. The van der Waals surface area contributed by atoms with E-state index in [1.165, 1.54) is 10.3 Å². The van der Waals surface area contributed by atoms with Crippen LogP contribution in [0, 0.1) is 0 Å². The number of piperazine rings is 1. The summed E-state index contributed by atoms with van der Waals surface area (Å²) >= 11 is 3.19. The van der Waals surface area contributed by atoms with Crippen LogP contribution < -0.4 is 5.32 Å². The van der Waals surface area contributed by atoms with E-state index in [9.17, 15) is 4.79 Å². The fourth-order valence-electron chi connectivity index (χ4n) is 3.64. The Morgan fingerprint density at radius 1 is 0.967 bits per heavy atom. The molecule has 1 amide bonds. The third kappa shape index (κ3) is 3.78. The summed E-state index contributed by atoms with van der Waals surface area (Å²) in [6.45, 7) is 5.56. The first-order valence-electron chi connectivity index (χ1n) is 10.1. The number of amides is 1. The zero-order valence-electron chi connectivity index (χ0n) is 17.0. The molecule has 1 N–H and O–H groups in total. The Morgan fingerprint density at radius 2 is 1.60 bits per heavy atom. The van der Waals surface area contributed by atoms with Gasteiger partial charge in [0.05, 0.1) is 20.4 Å². The molecule has 0 spiro atoms. The van der Waals surface area contributed by atoms with Gasteiger partial charge >= 0.3 is 0 Å². The van der Waals surface area contributed by atoms with Crippen LogP contribution in [0.1, 0.15) is 22.8 Å². The molecule has 30 heavy (non-hydrogen) atoms. The number of aromatic nitrogens is 2. The third-order valence-electron chi connectivity index (χ3n) is 5.50. The molecule has 0 saturated carbocycles. The number of hydrogen-bond acceptors (Lipinski definition) is 7. The maximum Gasteiger partial charge on any atom is 0.253 e. The summed E-state index contributed by atoms with van der Waals surface area (Å²) in [4.78, 5) is 26.4. The number of aryl methyl sites for hydroxylation is 1. The Morgan fingerprint density at radius 3 is 2.27 bits per heavy atom. The number of hydrogen-bond donors (Lipinski definition) is 1. The number of carbonyl (C=O) groups is 1. The largest absolute Gasteiger partial charge is 0.336 e. The summed E-state index contributed by atoms with van der Waals surface area (Å²) in [6.07, 6.45) is 1.02. The highest BCUT2D eigenvalue weighted by molar-refractivity contribution is 7.24. The monoisotopic (exact) mass is 437 g/mol. The molecule has 1 saturated heterocycles. The van der Waals surface area contributed by atoms with Gasteiger partial charge in [-0.2, -0.15) is 0 Å². The Labute approximate surface area is 183 Å². The molecule has 1 fully saturated rings.